The smallest absolute Gasteiger partial charge is 0.141 e. The van der Waals surface area contributed by atoms with E-state index in [1.54, 1.807) is 12.1 Å². The lowest BCUT2D eigenvalue weighted by atomic mass is 10.2. The lowest BCUT2D eigenvalue weighted by Gasteiger charge is -2.13. The van der Waals surface area contributed by atoms with E-state index in [1.807, 2.05) is 0 Å². The number of aliphatic hydroxyl groups excluding tert-OH is 1. The Morgan fingerprint density at radius 1 is 1.37 bits per heavy atom. The SMILES string of the molecule is CC(C)COCC(O)CNCc1ccc(F)c(Cl)c1. The Bertz CT molecular complexity index is 388. The Morgan fingerprint density at radius 2 is 2.11 bits per heavy atom. The maximum absolute atomic E-state index is 12.9. The molecule has 0 heterocycles. The highest BCUT2D eigenvalue weighted by molar-refractivity contribution is 6.30. The number of aliphatic hydroxyl groups is 1. The molecule has 1 rings (SSSR count). The topological polar surface area (TPSA) is 41.5 Å². The van der Waals surface area contributed by atoms with Crippen molar-refractivity contribution in [3.8, 4) is 0 Å². The third-order valence-electron chi connectivity index (χ3n) is 2.45. The molecule has 0 aromatic heterocycles. The fourth-order valence-electron chi connectivity index (χ4n) is 1.53. The van der Waals surface area contributed by atoms with Crippen molar-refractivity contribution in [3.05, 3.63) is 34.6 Å². The van der Waals surface area contributed by atoms with Crippen LogP contribution in [0.1, 0.15) is 19.4 Å². The molecule has 3 nitrogen and oxygen atoms in total. The first kappa shape index (κ1) is 16.4. The van der Waals surface area contributed by atoms with Gasteiger partial charge in [0, 0.05) is 19.7 Å². The summed E-state index contributed by atoms with van der Waals surface area (Å²) in [5.41, 5.74) is 0.877. The first-order valence-corrected chi connectivity index (χ1v) is 6.77. The summed E-state index contributed by atoms with van der Waals surface area (Å²) in [5, 5.41) is 12.9. The van der Waals surface area contributed by atoms with Gasteiger partial charge in [0.25, 0.3) is 0 Å². The third kappa shape index (κ3) is 6.87. The lowest BCUT2D eigenvalue weighted by Crippen LogP contribution is -2.30. The van der Waals surface area contributed by atoms with Gasteiger partial charge in [-0.2, -0.15) is 0 Å². The average Bonchev–Trinajstić information content (AvgIpc) is 2.33. The minimum Gasteiger partial charge on any atom is -0.389 e. The Hall–Kier alpha value is -0.680. The Labute approximate surface area is 118 Å². The van der Waals surface area contributed by atoms with E-state index in [-0.39, 0.29) is 5.02 Å². The van der Waals surface area contributed by atoms with Crippen LogP contribution in [0.5, 0.6) is 0 Å². The molecular formula is C14H21ClFNO2. The van der Waals surface area contributed by atoms with Crippen LogP contribution in [0.4, 0.5) is 4.39 Å². The van der Waals surface area contributed by atoms with Crippen molar-refractivity contribution in [2.45, 2.75) is 26.5 Å². The van der Waals surface area contributed by atoms with E-state index in [1.165, 1.54) is 6.07 Å². The fraction of sp³-hybridized carbons (Fsp3) is 0.571. The van der Waals surface area contributed by atoms with Gasteiger partial charge in [-0.25, -0.2) is 4.39 Å². The van der Waals surface area contributed by atoms with E-state index in [9.17, 15) is 9.50 Å². The van der Waals surface area contributed by atoms with E-state index >= 15 is 0 Å². The molecule has 0 amide bonds. The van der Waals surface area contributed by atoms with Crippen molar-refractivity contribution >= 4 is 11.6 Å². The highest BCUT2D eigenvalue weighted by Crippen LogP contribution is 2.15. The van der Waals surface area contributed by atoms with Crippen molar-refractivity contribution < 1.29 is 14.2 Å². The molecular weight excluding hydrogens is 269 g/mol. The molecule has 0 bridgehead atoms. The maximum Gasteiger partial charge on any atom is 0.141 e. The number of ether oxygens (including phenoxy) is 1. The van der Waals surface area contributed by atoms with Crippen LogP contribution in [0.3, 0.4) is 0 Å². The molecule has 0 aliphatic rings. The zero-order valence-electron chi connectivity index (χ0n) is 11.3. The van der Waals surface area contributed by atoms with E-state index in [2.05, 4.69) is 19.2 Å². The first-order valence-electron chi connectivity index (χ1n) is 6.39. The summed E-state index contributed by atoms with van der Waals surface area (Å²) in [6.45, 7) is 6.03. The first-order chi connectivity index (χ1) is 8.99. The molecule has 0 spiro atoms. The lowest BCUT2D eigenvalue weighted by molar-refractivity contribution is 0.0260. The Balaban J connectivity index is 2.20. The summed E-state index contributed by atoms with van der Waals surface area (Å²) in [4.78, 5) is 0. The number of hydrogen-bond donors (Lipinski definition) is 2. The standard InChI is InChI=1S/C14H21ClFNO2/c1-10(2)8-19-9-12(18)7-17-6-11-3-4-14(16)13(15)5-11/h3-5,10,12,17-18H,6-9H2,1-2H3. The second-order valence-electron chi connectivity index (χ2n) is 4.96. The zero-order valence-corrected chi connectivity index (χ0v) is 12.1. The number of halogens is 2. The predicted molar refractivity (Wildman–Crippen MR) is 74.8 cm³/mol. The average molecular weight is 290 g/mol. The molecule has 108 valence electrons. The molecule has 1 unspecified atom stereocenters. The van der Waals surface area contributed by atoms with E-state index in [0.29, 0.717) is 32.2 Å². The molecule has 0 aliphatic heterocycles. The van der Waals surface area contributed by atoms with Gasteiger partial charge in [-0.15, -0.1) is 0 Å². The van der Waals surface area contributed by atoms with Gasteiger partial charge in [0.15, 0.2) is 0 Å². The molecule has 2 N–H and O–H groups in total. The summed E-state index contributed by atoms with van der Waals surface area (Å²) in [6.07, 6.45) is -0.547. The molecule has 0 radical (unpaired) electrons. The largest absolute Gasteiger partial charge is 0.389 e. The van der Waals surface area contributed by atoms with Gasteiger partial charge in [-0.1, -0.05) is 31.5 Å². The van der Waals surface area contributed by atoms with E-state index in [0.717, 1.165) is 5.56 Å². The second kappa shape index (κ2) is 8.48. The minimum absolute atomic E-state index is 0.111. The van der Waals surface area contributed by atoms with Crippen LogP contribution in [0, 0.1) is 11.7 Å². The number of benzene rings is 1. The van der Waals surface area contributed by atoms with Crippen molar-refractivity contribution in [1.29, 1.82) is 0 Å². The van der Waals surface area contributed by atoms with Crippen LogP contribution in [0.25, 0.3) is 0 Å². The summed E-state index contributed by atoms with van der Waals surface area (Å²) in [7, 11) is 0. The van der Waals surface area contributed by atoms with Gasteiger partial charge in [-0.05, 0) is 23.6 Å². The number of hydrogen-bond acceptors (Lipinski definition) is 3. The van der Waals surface area contributed by atoms with Gasteiger partial charge in [0.2, 0.25) is 0 Å². The van der Waals surface area contributed by atoms with Crippen molar-refractivity contribution in [2.24, 2.45) is 5.92 Å². The third-order valence-corrected chi connectivity index (χ3v) is 2.74. The maximum atomic E-state index is 12.9. The highest BCUT2D eigenvalue weighted by atomic mass is 35.5. The molecule has 0 saturated carbocycles. The second-order valence-corrected chi connectivity index (χ2v) is 5.37. The monoisotopic (exact) mass is 289 g/mol. The predicted octanol–water partition coefficient (Wildman–Crippen LogP) is 2.60. The zero-order chi connectivity index (χ0) is 14.3. The van der Waals surface area contributed by atoms with Crippen LogP contribution in [-0.2, 0) is 11.3 Å². The summed E-state index contributed by atoms with van der Waals surface area (Å²) in [6, 6.07) is 4.57. The summed E-state index contributed by atoms with van der Waals surface area (Å²) >= 11 is 5.68. The van der Waals surface area contributed by atoms with E-state index < -0.39 is 11.9 Å². The van der Waals surface area contributed by atoms with Gasteiger partial charge >= 0.3 is 0 Å². The number of nitrogens with one attached hydrogen (secondary N) is 1. The quantitative estimate of drug-likeness (QED) is 0.773. The molecule has 0 fully saturated rings. The van der Waals surface area contributed by atoms with Gasteiger partial charge in [0.1, 0.15) is 5.82 Å². The van der Waals surface area contributed by atoms with Crippen molar-refractivity contribution in [1.82, 2.24) is 5.32 Å². The summed E-state index contributed by atoms with van der Waals surface area (Å²) < 4.78 is 18.3. The van der Waals surface area contributed by atoms with E-state index in [4.69, 9.17) is 16.3 Å². The molecule has 1 atom stereocenters. The van der Waals surface area contributed by atoms with Crippen LogP contribution < -0.4 is 5.32 Å². The van der Waals surface area contributed by atoms with Crippen molar-refractivity contribution in [2.75, 3.05) is 19.8 Å². The number of rotatable bonds is 8. The van der Waals surface area contributed by atoms with Gasteiger partial charge in [0.05, 0.1) is 17.7 Å². The molecule has 5 heteroatoms. The van der Waals surface area contributed by atoms with Gasteiger partial charge < -0.3 is 15.2 Å². The van der Waals surface area contributed by atoms with Crippen LogP contribution in [0.15, 0.2) is 18.2 Å². The summed E-state index contributed by atoms with van der Waals surface area (Å²) in [5.74, 6) is 0.0362. The van der Waals surface area contributed by atoms with Crippen molar-refractivity contribution in [3.63, 3.8) is 0 Å². The highest BCUT2D eigenvalue weighted by Gasteiger charge is 2.05. The molecule has 0 saturated heterocycles. The Kier molecular flexibility index (Phi) is 7.31. The molecule has 0 aliphatic carbocycles. The van der Waals surface area contributed by atoms with Crippen LogP contribution in [0.2, 0.25) is 5.02 Å². The molecule has 1 aromatic rings. The van der Waals surface area contributed by atoms with Gasteiger partial charge in [-0.3, -0.25) is 0 Å². The van der Waals surface area contributed by atoms with Crippen LogP contribution in [-0.4, -0.2) is 31.0 Å². The Morgan fingerprint density at radius 3 is 2.74 bits per heavy atom. The molecule has 1 aromatic carbocycles. The normalized spacial score (nSPS) is 12.9. The minimum atomic E-state index is -0.547. The molecule has 19 heavy (non-hydrogen) atoms. The fourth-order valence-corrected chi connectivity index (χ4v) is 1.73. The van der Waals surface area contributed by atoms with Crippen LogP contribution >= 0.6 is 11.6 Å².